The topological polar surface area (TPSA) is 128 Å². The first kappa shape index (κ1) is 28.8. The first-order valence-corrected chi connectivity index (χ1v) is 15.3. The van der Waals surface area contributed by atoms with Crippen molar-refractivity contribution in [3.05, 3.63) is 99.1 Å². The van der Waals surface area contributed by atoms with Crippen molar-refractivity contribution in [2.75, 3.05) is 12.0 Å². The molecule has 5 aliphatic rings. The molecule has 0 atom stereocenters. The summed E-state index contributed by atoms with van der Waals surface area (Å²) >= 11 is 0. The Hall–Kier alpha value is -4.99. The summed E-state index contributed by atoms with van der Waals surface area (Å²) in [5.41, 5.74) is 2.93. The summed E-state index contributed by atoms with van der Waals surface area (Å²) in [5.74, 6) is 1.71. The van der Waals surface area contributed by atoms with Gasteiger partial charge in [0.05, 0.1) is 17.7 Å². The predicted octanol–water partition coefficient (Wildman–Crippen LogP) is 6.32. The maximum Gasteiger partial charge on any atom is 0.335 e. The smallest absolute Gasteiger partial charge is 0.335 e. The second-order valence-electron chi connectivity index (χ2n) is 12.8. The molecule has 230 valence electrons. The highest BCUT2D eigenvalue weighted by Crippen LogP contribution is 2.60. The van der Waals surface area contributed by atoms with Crippen molar-refractivity contribution in [1.29, 1.82) is 0 Å². The lowest BCUT2D eigenvalue weighted by Gasteiger charge is -2.57. The minimum atomic E-state index is -0.780. The fourth-order valence-corrected chi connectivity index (χ4v) is 8.26. The van der Waals surface area contributed by atoms with E-state index in [-0.39, 0.29) is 23.3 Å². The van der Waals surface area contributed by atoms with E-state index >= 15 is 0 Å². The van der Waals surface area contributed by atoms with Gasteiger partial charge in [-0.1, -0.05) is 18.2 Å². The number of nitro benzene ring substituents is 1. The number of non-ortho nitro benzene ring substituents is 1. The summed E-state index contributed by atoms with van der Waals surface area (Å²) in [5, 5.41) is 13.2. The van der Waals surface area contributed by atoms with Crippen LogP contribution in [0.2, 0.25) is 0 Å². The number of amides is 4. The van der Waals surface area contributed by atoms with Gasteiger partial charge in [-0.15, -0.1) is 0 Å². The lowest BCUT2D eigenvalue weighted by atomic mass is 9.48. The van der Waals surface area contributed by atoms with Crippen LogP contribution >= 0.6 is 0 Å². The second kappa shape index (κ2) is 11.2. The monoisotopic (exact) mass is 607 g/mol. The molecular formula is C35H33N3O7. The van der Waals surface area contributed by atoms with Gasteiger partial charge in [0.1, 0.15) is 12.2 Å². The lowest BCUT2D eigenvalue weighted by molar-refractivity contribution is -0.384. The zero-order valence-electron chi connectivity index (χ0n) is 24.9. The third-order valence-electron chi connectivity index (χ3n) is 9.92. The molecule has 3 aromatic carbocycles. The molecule has 1 heterocycles. The van der Waals surface area contributed by atoms with Gasteiger partial charge in [-0.05, 0) is 121 Å². The standard InChI is InChI=1S/C35H33N3O7/c1-44-31-16-22(4-11-30(31)45-20-21-2-7-28(8-3-21)38(42)43)15-29-32(39)36-34(41)37(33(29)40)27-9-5-26(6-10-27)35-17-23-12-24(18-35)14-25(13-23)19-35/h2-11,15-16,23-25H,12-14,17-20H2,1H3,(H,36,39,41)/b29-15+. The van der Waals surface area contributed by atoms with Crippen molar-refractivity contribution in [3.8, 4) is 11.5 Å². The Kier molecular flexibility index (Phi) is 7.14. The third kappa shape index (κ3) is 5.34. The molecule has 10 nitrogen and oxygen atoms in total. The molecule has 1 aliphatic heterocycles. The number of ether oxygens (including phenoxy) is 2. The van der Waals surface area contributed by atoms with Crippen LogP contribution in [0.25, 0.3) is 6.08 Å². The van der Waals surface area contributed by atoms with Crippen LogP contribution in [-0.2, 0) is 21.6 Å². The van der Waals surface area contributed by atoms with Crippen molar-refractivity contribution in [2.45, 2.75) is 50.5 Å². The molecule has 4 aliphatic carbocycles. The van der Waals surface area contributed by atoms with E-state index in [1.165, 1.54) is 69.4 Å². The van der Waals surface area contributed by atoms with E-state index in [4.69, 9.17) is 9.47 Å². The number of rotatable bonds is 8. The van der Waals surface area contributed by atoms with Gasteiger partial charge in [0.25, 0.3) is 17.5 Å². The zero-order chi connectivity index (χ0) is 31.3. The van der Waals surface area contributed by atoms with Crippen molar-refractivity contribution >= 4 is 35.3 Å². The van der Waals surface area contributed by atoms with Gasteiger partial charge < -0.3 is 9.47 Å². The summed E-state index contributed by atoms with van der Waals surface area (Å²) in [6.45, 7) is 0.147. The van der Waals surface area contributed by atoms with Crippen LogP contribution in [0.15, 0.2) is 72.3 Å². The molecule has 0 unspecified atom stereocenters. The van der Waals surface area contributed by atoms with Crippen LogP contribution < -0.4 is 19.7 Å². The molecule has 0 spiro atoms. The van der Waals surface area contributed by atoms with E-state index in [2.05, 4.69) is 17.4 Å². The minimum absolute atomic E-state index is 0.00943. The summed E-state index contributed by atoms with van der Waals surface area (Å²) in [6.07, 6.45) is 9.13. The maximum absolute atomic E-state index is 13.6. The van der Waals surface area contributed by atoms with E-state index in [9.17, 15) is 24.5 Å². The fourth-order valence-electron chi connectivity index (χ4n) is 8.26. The molecule has 0 radical (unpaired) electrons. The highest BCUT2D eigenvalue weighted by molar-refractivity contribution is 6.39. The number of hydrogen-bond donors (Lipinski definition) is 1. The van der Waals surface area contributed by atoms with Gasteiger partial charge in [0.15, 0.2) is 11.5 Å². The SMILES string of the molecule is COc1cc(/C=C2\C(=O)NC(=O)N(c3ccc(C45CC6CC(CC(C6)C4)C5)cc3)C2=O)ccc1OCc1ccc([N+](=O)[O-])cc1. The molecule has 10 heteroatoms. The molecular weight excluding hydrogens is 574 g/mol. The number of methoxy groups -OCH3 is 1. The highest BCUT2D eigenvalue weighted by atomic mass is 16.6. The molecule has 8 rings (SSSR count). The highest BCUT2D eigenvalue weighted by Gasteiger charge is 2.51. The molecule has 4 amide bonds. The van der Waals surface area contributed by atoms with Crippen LogP contribution in [0.1, 0.15) is 55.2 Å². The molecule has 4 bridgehead atoms. The molecule has 4 saturated carbocycles. The Labute approximate surface area is 260 Å². The number of urea groups is 1. The largest absolute Gasteiger partial charge is 0.493 e. The van der Waals surface area contributed by atoms with Crippen LogP contribution in [0.3, 0.4) is 0 Å². The van der Waals surface area contributed by atoms with Crippen molar-refractivity contribution < 1.29 is 28.8 Å². The molecule has 1 N–H and O–H groups in total. The third-order valence-corrected chi connectivity index (χ3v) is 9.92. The number of barbiturate groups is 1. The number of benzene rings is 3. The number of carbonyl (C=O) groups is 3. The molecule has 1 saturated heterocycles. The summed E-state index contributed by atoms with van der Waals surface area (Å²) < 4.78 is 11.3. The number of anilines is 1. The number of nitro groups is 1. The quantitative estimate of drug-likeness (QED) is 0.137. The Morgan fingerprint density at radius 3 is 2.16 bits per heavy atom. The first-order chi connectivity index (χ1) is 21.7. The number of imide groups is 2. The van der Waals surface area contributed by atoms with Crippen molar-refractivity contribution in [2.24, 2.45) is 17.8 Å². The predicted molar refractivity (Wildman–Crippen MR) is 166 cm³/mol. The van der Waals surface area contributed by atoms with E-state index in [0.717, 1.165) is 28.2 Å². The van der Waals surface area contributed by atoms with Crippen LogP contribution in [0.4, 0.5) is 16.2 Å². The van der Waals surface area contributed by atoms with Crippen LogP contribution in [0, 0.1) is 27.9 Å². The van der Waals surface area contributed by atoms with Crippen molar-refractivity contribution in [3.63, 3.8) is 0 Å². The van der Waals surface area contributed by atoms with Gasteiger partial charge in [-0.2, -0.15) is 0 Å². The molecule has 3 aromatic rings. The average Bonchev–Trinajstić information content (AvgIpc) is 3.02. The van der Waals surface area contributed by atoms with E-state index in [1.807, 2.05) is 12.1 Å². The summed E-state index contributed by atoms with van der Waals surface area (Å²) in [4.78, 5) is 50.7. The minimum Gasteiger partial charge on any atom is -0.493 e. The second-order valence-corrected chi connectivity index (χ2v) is 12.8. The van der Waals surface area contributed by atoms with Gasteiger partial charge in [0, 0.05) is 12.1 Å². The zero-order valence-corrected chi connectivity index (χ0v) is 24.9. The maximum atomic E-state index is 13.6. The average molecular weight is 608 g/mol. The van der Waals surface area contributed by atoms with E-state index < -0.39 is 22.8 Å². The number of nitrogens with zero attached hydrogens (tertiary/aromatic N) is 2. The summed E-state index contributed by atoms with van der Waals surface area (Å²) in [6, 6.07) is 17.9. The van der Waals surface area contributed by atoms with Gasteiger partial charge in [-0.25, -0.2) is 9.69 Å². The Morgan fingerprint density at radius 1 is 0.911 bits per heavy atom. The molecule has 5 fully saturated rings. The normalized spacial score (nSPS) is 26.2. The molecule has 45 heavy (non-hydrogen) atoms. The fraction of sp³-hybridized carbons (Fsp3) is 0.343. The Balaban J connectivity index is 1.09. The van der Waals surface area contributed by atoms with E-state index in [0.29, 0.717) is 22.7 Å². The number of carbonyl (C=O) groups excluding carboxylic acids is 3. The summed E-state index contributed by atoms with van der Waals surface area (Å²) in [7, 11) is 1.47. The molecule has 0 aromatic heterocycles. The Morgan fingerprint density at radius 2 is 1.56 bits per heavy atom. The number of nitrogens with one attached hydrogen (secondary N) is 1. The van der Waals surface area contributed by atoms with Gasteiger partial charge in [-0.3, -0.25) is 25.0 Å². The van der Waals surface area contributed by atoms with Gasteiger partial charge >= 0.3 is 6.03 Å². The Bertz CT molecular complexity index is 1690. The lowest BCUT2D eigenvalue weighted by Crippen LogP contribution is -2.54. The van der Waals surface area contributed by atoms with Crippen LogP contribution in [0.5, 0.6) is 11.5 Å². The van der Waals surface area contributed by atoms with Crippen molar-refractivity contribution in [1.82, 2.24) is 5.32 Å². The van der Waals surface area contributed by atoms with Gasteiger partial charge in [0.2, 0.25) is 0 Å². The number of hydrogen-bond acceptors (Lipinski definition) is 7. The first-order valence-electron chi connectivity index (χ1n) is 15.3. The van der Waals surface area contributed by atoms with Crippen LogP contribution in [-0.4, -0.2) is 29.9 Å². The van der Waals surface area contributed by atoms with E-state index in [1.54, 1.807) is 30.3 Å².